The van der Waals surface area contributed by atoms with E-state index in [4.69, 9.17) is 0 Å². The minimum atomic E-state index is 0.205. The second-order valence-corrected chi connectivity index (χ2v) is 5.40. The number of nitrogens with one attached hydrogen (secondary N) is 1. The first-order valence-corrected chi connectivity index (χ1v) is 6.97. The molecule has 1 aliphatic heterocycles. The van der Waals surface area contributed by atoms with Gasteiger partial charge in [0.1, 0.15) is 5.69 Å². The summed E-state index contributed by atoms with van der Waals surface area (Å²) >= 11 is 3.42. The maximum atomic E-state index is 12.3. The van der Waals surface area contributed by atoms with Crippen molar-refractivity contribution < 1.29 is 4.79 Å². The number of Topliss-reactive ketones (excluding diaryl/α,β-unsaturated/α-hetero) is 1. The highest BCUT2D eigenvalue weighted by Crippen LogP contribution is 2.22. The fraction of sp³-hybridized carbons (Fsp3) is 0.667. The summed E-state index contributed by atoms with van der Waals surface area (Å²) in [7, 11) is 0. The van der Waals surface area contributed by atoms with Crippen LogP contribution in [-0.2, 0) is 6.54 Å². The zero-order chi connectivity index (χ0) is 12.3. The molecule has 0 spiro atoms. The van der Waals surface area contributed by atoms with Gasteiger partial charge < -0.3 is 5.32 Å². The first-order chi connectivity index (χ1) is 8.22. The normalized spacial score (nSPS) is 19.8. The van der Waals surface area contributed by atoms with Gasteiger partial charge in [-0.25, -0.2) is 0 Å². The van der Waals surface area contributed by atoms with Gasteiger partial charge >= 0.3 is 0 Å². The lowest BCUT2D eigenvalue weighted by Gasteiger charge is -2.09. The average Bonchev–Trinajstić information content (AvgIpc) is 2.89. The van der Waals surface area contributed by atoms with Crippen LogP contribution in [0.25, 0.3) is 0 Å². The van der Waals surface area contributed by atoms with E-state index >= 15 is 0 Å². The molecule has 1 N–H and O–H groups in total. The highest BCUT2D eigenvalue weighted by molar-refractivity contribution is 9.10. The number of carbonyl (C=O) groups is 1. The molecule has 1 fully saturated rings. The van der Waals surface area contributed by atoms with Crippen molar-refractivity contribution in [2.24, 2.45) is 5.92 Å². The Balaban J connectivity index is 2.09. The molecule has 94 valence electrons. The molecule has 1 atom stereocenters. The van der Waals surface area contributed by atoms with Gasteiger partial charge in [-0.3, -0.25) is 9.48 Å². The van der Waals surface area contributed by atoms with Crippen molar-refractivity contribution >= 4 is 21.7 Å². The Morgan fingerprint density at radius 1 is 1.71 bits per heavy atom. The highest BCUT2D eigenvalue weighted by Gasteiger charge is 2.23. The number of nitrogens with zero attached hydrogens (tertiary/aromatic N) is 2. The molecule has 4 nitrogen and oxygen atoms in total. The molecule has 0 aliphatic carbocycles. The third-order valence-corrected chi connectivity index (χ3v) is 3.71. The fourth-order valence-corrected chi connectivity index (χ4v) is 2.79. The number of halogens is 1. The number of hydrogen-bond acceptors (Lipinski definition) is 3. The van der Waals surface area contributed by atoms with Gasteiger partial charge in [-0.1, -0.05) is 6.92 Å². The van der Waals surface area contributed by atoms with Crippen LogP contribution in [0.3, 0.4) is 0 Å². The fourth-order valence-electron chi connectivity index (χ4n) is 2.27. The number of aryl methyl sites for hydroxylation is 1. The molecular weight excluding hydrogens is 282 g/mol. The van der Waals surface area contributed by atoms with Gasteiger partial charge in [0.2, 0.25) is 0 Å². The highest BCUT2D eigenvalue weighted by atomic mass is 79.9. The summed E-state index contributed by atoms with van der Waals surface area (Å²) in [6.45, 7) is 4.89. The van der Waals surface area contributed by atoms with E-state index in [2.05, 4.69) is 33.3 Å². The second kappa shape index (κ2) is 5.78. The molecule has 17 heavy (non-hydrogen) atoms. The zero-order valence-electron chi connectivity index (χ0n) is 10.1. The van der Waals surface area contributed by atoms with Crippen molar-refractivity contribution in [3.8, 4) is 0 Å². The van der Waals surface area contributed by atoms with Crippen molar-refractivity contribution in [3.05, 3.63) is 16.4 Å². The van der Waals surface area contributed by atoms with Gasteiger partial charge in [-0.15, -0.1) is 0 Å². The first kappa shape index (κ1) is 12.8. The second-order valence-electron chi connectivity index (χ2n) is 4.55. The Hall–Kier alpha value is -0.680. The van der Waals surface area contributed by atoms with Crippen LogP contribution in [0.1, 0.15) is 36.7 Å². The maximum absolute atomic E-state index is 12.3. The van der Waals surface area contributed by atoms with E-state index in [1.807, 2.05) is 4.68 Å². The van der Waals surface area contributed by atoms with Crippen molar-refractivity contribution in [1.29, 1.82) is 0 Å². The van der Waals surface area contributed by atoms with Crippen LogP contribution in [0.4, 0.5) is 0 Å². The van der Waals surface area contributed by atoms with Crippen LogP contribution in [0.15, 0.2) is 10.7 Å². The van der Waals surface area contributed by atoms with Gasteiger partial charge in [0.15, 0.2) is 5.78 Å². The van der Waals surface area contributed by atoms with Crippen LogP contribution < -0.4 is 5.32 Å². The van der Waals surface area contributed by atoms with Crippen molar-refractivity contribution in [2.75, 3.05) is 13.1 Å². The lowest BCUT2D eigenvalue weighted by atomic mass is 10.0. The summed E-state index contributed by atoms with van der Waals surface area (Å²) in [5.41, 5.74) is 0.735. The van der Waals surface area contributed by atoms with Gasteiger partial charge in [-0.05, 0) is 47.8 Å². The van der Waals surface area contributed by atoms with Crippen LogP contribution in [0.2, 0.25) is 0 Å². The topological polar surface area (TPSA) is 46.9 Å². The Labute approximate surface area is 110 Å². The molecule has 0 bridgehead atoms. The van der Waals surface area contributed by atoms with E-state index < -0.39 is 0 Å². The number of hydrogen-bond donors (Lipinski definition) is 1. The maximum Gasteiger partial charge on any atom is 0.182 e. The first-order valence-electron chi connectivity index (χ1n) is 6.17. The third-order valence-electron chi connectivity index (χ3n) is 3.13. The minimum Gasteiger partial charge on any atom is -0.316 e. The summed E-state index contributed by atoms with van der Waals surface area (Å²) in [4.78, 5) is 12.3. The minimum absolute atomic E-state index is 0.205. The van der Waals surface area contributed by atoms with E-state index in [0.717, 1.165) is 42.6 Å². The van der Waals surface area contributed by atoms with Crippen molar-refractivity contribution in [2.45, 2.75) is 32.7 Å². The lowest BCUT2D eigenvalue weighted by molar-refractivity contribution is 0.0953. The predicted molar refractivity (Wildman–Crippen MR) is 70.1 cm³/mol. The zero-order valence-corrected chi connectivity index (χ0v) is 11.7. The van der Waals surface area contributed by atoms with Gasteiger partial charge in [0.05, 0.1) is 10.7 Å². The van der Waals surface area contributed by atoms with E-state index in [0.29, 0.717) is 12.3 Å². The Bertz CT molecular complexity index is 396. The van der Waals surface area contributed by atoms with E-state index in [1.54, 1.807) is 6.20 Å². The molecule has 0 amide bonds. The summed E-state index contributed by atoms with van der Waals surface area (Å²) in [5, 5.41) is 7.53. The largest absolute Gasteiger partial charge is 0.316 e. The lowest BCUT2D eigenvalue weighted by Crippen LogP contribution is -2.16. The molecule has 1 unspecified atom stereocenters. The van der Waals surface area contributed by atoms with Crippen molar-refractivity contribution in [1.82, 2.24) is 15.1 Å². The van der Waals surface area contributed by atoms with Crippen LogP contribution in [-0.4, -0.2) is 28.7 Å². The Kier molecular flexibility index (Phi) is 4.34. The molecule has 2 heterocycles. The SMILES string of the molecule is CCCn1ncc(Br)c1C(=O)CC1CCNC1. The van der Waals surface area contributed by atoms with Crippen LogP contribution in [0.5, 0.6) is 0 Å². The standard InChI is InChI=1S/C12H18BrN3O/c1-2-5-16-12(10(13)8-15-16)11(17)6-9-3-4-14-7-9/h8-9,14H,2-7H2,1H3. The molecule has 0 saturated carbocycles. The molecule has 1 aromatic rings. The average molecular weight is 300 g/mol. The summed E-state index contributed by atoms with van der Waals surface area (Å²) in [6, 6.07) is 0. The Morgan fingerprint density at radius 2 is 2.53 bits per heavy atom. The van der Waals surface area contributed by atoms with Crippen molar-refractivity contribution in [3.63, 3.8) is 0 Å². The molecular formula is C12H18BrN3O. The predicted octanol–water partition coefficient (Wildman–Crippen LogP) is 2.24. The third kappa shape index (κ3) is 2.96. The Morgan fingerprint density at radius 3 is 3.18 bits per heavy atom. The monoisotopic (exact) mass is 299 g/mol. The van der Waals surface area contributed by atoms with Crippen LogP contribution in [0, 0.1) is 5.92 Å². The number of rotatable bonds is 5. The number of ketones is 1. The van der Waals surface area contributed by atoms with E-state index in [9.17, 15) is 4.79 Å². The van der Waals surface area contributed by atoms with Crippen LogP contribution >= 0.6 is 15.9 Å². The van der Waals surface area contributed by atoms with Gasteiger partial charge in [0.25, 0.3) is 0 Å². The summed E-state index contributed by atoms with van der Waals surface area (Å²) in [6.07, 6.45) is 4.43. The molecule has 1 aliphatic rings. The molecule has 0 radical (unpaired) electrons. The van der Waals surface area contributed by atoms with E-state index in [-0.39, 0.29) is 5.78 Å². The quantitative estimate of drug-likeness (QED) is 0.848. The molecule has 0 aromatic carbocycles. The van der Waals surface area contributed by atoms with E-state index in [1.165, 1.54) is 0 Å². The molecule has 1 aromatic heterocycles. The van der Waals surface area contributed by atoms with Gasteiger partial charge in [-0.2, -0.15) is 5.10 Å². The van der Waals surface area contributed by atoms with Gasteiger partial charge in [0, 0.05) is 13.0 Å². The summed E-state index contributed by atoms with van der Waals surface area (Å²) in [5.74, 6) is 0.691. The smallest absolute Gasteiger partial charge is 0.182 e. The summed E-state index contributed by atoms with van der Waals surface area (Å²) < 4.78 is 2.64. The molecule has 1 saturated heterocycles. The number of aromatic nitrogens is 2. The molecule has 2 rings (SSSR count). The molecule has 5 heteroatoms. The number of carbonyl (C=O) groups excluding carboxylic acids is 1.